The number of amides is 2. The second-order valence-electron chi connectivity index (χ2n) is 5.86. The maximum absolute atomic E-state index is 12.6. The van der Waals surface area contributed by atoms with E-state index in [9.17, 15) is 9.59 Å². The van der Waals surface area contributed by atoms with Crippen LogP contribution in [0, 0.1) is 0 Å². The molecule has 0 radical (unpaired) electrons. The Balaban J connectivity index is 1.63. The van der Waals surface area contributed by atoms with Gasteiger partial charge >= 0.3 is 12.0 Å². The first-order valence-electron chi connectivity index (χ1n) is 8.14. The number of morpholine rings is 1. The van der Waals surface area contributed by atoms with Crippen LogP contribution in [0.1, 0.15) is 27.5 Å². The number of carbonyl (C=O) groups is 2. The first-order chi connectivity index (χ1) is 12.1. The number of nitrogens with one attached hydrogen (secondary N) is 1. The molecule has 0 aliphatic carbocycles. The number of nitrogens with zero attached hydrogens (tertiary/aromatic N) is 1. The molecule has 6 nitrogen and oxygen atoms in total. The number of urea groups is 1. The molecule has 2 amide bonds. The van der Waals surface area contributed by atoms with Crippen LogP contribution in [-0.4, -0.2) is 41.8 Å². The normalized spacial score (nSPS) is 17.1. The van der Waals surface area contributed by atoms with Gasteiger partial charge in [-0.2, -0.15) is 0 Å². The maximum atomic E-state index is 12.6. The largest absolute Gasteiger partial charge is 0.478 e. The van der Waals surface area contributed by atoms with Crippen molar-refractivity contribution in [2.75, 3.05) is 19.8 Å². The van der Waals surface area contributed by atoms with Gasteiger partial charge in [-0.25, -0.2) is 9.59 Å². The number of aromatic carboxylic acids is 1. The van der Waals surface area contributed by atoms with Crippen LogP contribution in [0.4, 0.5) is 4.79 Å². The first-order valence-corrected chi connectivity index (χ1v) is 8.14. The van der Waals surface area contributed by atoms with Crippen LogP contribution in [0.15, 0.2) is 54.6 Å². The Kier molecular flexibility index (Phi) is 5.30. The third kappa shape index (κ3) is 4.16. The van der Waals surface area contributed by atoms with Crippen LogP contribution in [0.25, 0.3) is 0 Å². The number of hydrogen-bond acceptors (Lipinski definition) is 3. The van der Waals surface area contributed by atoms with Gasteiger partial charge in [0.05, 0.1) is 24.8 Å². The lowest BCUT2D eigenvalue weighted by Crippen LogP contribution is -2.47. The molecule has 0 spiro atoms. The van der Waals surface area contributed by atoms with Crippen molar-refractivity contribution >= 4 is 12.0 Å². The van der Waals surface area contributed by atoms with E-state index in [0.717, 1.165) is 11.1 Å². The van der Waals surface area contributed by atoms with Crippen molar-refractivity contribution < 1.29 is 19.4 Å². The van der Waals surface area contributed by atoms with E-state index in [1.165, 1.54) is 12.1 Å². The highest BCUT2D eigenvalue weighted by atomic mass is 16.5. The smallest absolute Gasteiger partial charge is 0.335 e. The van der Waals surface area contributed by atoms with Crippen molar-refractivity contribution in [3.05, 3.63) is 71.3 Å². The molecule has 0 bridgehead atoms. The van der Waals surface area contributed by atoms with Gasteiger partial charge in [-0.15, -0.1) is 0 Å². The summed E-state index contributed by atoms with van der Waals surface area (Å²) in [6.45, 7) is 1.87. The Bertz CT molecular complexity index is 731. The molecule has 0 unspecified atom stereocenters. The molecular weight excluding hydrogens is 320 g/mol. The molecular formula is C19H20N2O4. The van der Waals surface area contributed by atoms with E-state index in [-0.39, 0.29) is 17.6 Å². The topological polar surface area (TPSA) is 78.9 Å². The molecule has 3 rings (SSSR count). The fraction of sp³-hybridized carbons (Fsp3) is 0.263. The average Bonchev–Trinajstić information content (AvgIpc) is 2.67. The monoisotopic (exact) mass is 340 g/mol. The van der Waals surface area contributed by atoms with E-state index in [1.807, 2.05) is 30.3 Å². The molecule has 2 aromatic carbocycles. The van der Waals surface area contributed by atoms with Gasteiger partial charge in [0.25, 0.3) is 0 Å². The zero-order valence-electron chi connectivity index (χ0n) is 13.7. The quantitative estimate of drug-likeness (QED) is 0.897. The second-order valence-corrected chi connectivity index (χ2v) is 5.86. The van der Waals surface area contributed by atoms with Crippen LogP contribution in [0.5, 0.6) is 0 Å². The van der Waals surface area contributed by atoms with E-state index in [2.05, 4.69) is 5.32 Å². The fourth-order valence-electron chi connectivity index (χ4n) is 2.84. The second kappa shape index (κ2) is 7.81. The number of carbonyl (C=O) groups excluding carboxylic acids is 1. The molecule has 130 valence electrons. The zero-order valence-corrected chi connectivity index (χ0v) is 13.7. The van der Waals surface area contributed by atoms with Crippen molar-refractivity contribution in [2.24, 2.45) is 0 Å². The van der Waals surface area contributed by atoms with Gasteiger partial charge in [0.1, 0.15) is 0 Å². The predicted molar refractivity (Wildman–Crippen MR) is 92.3 cm³/mol. The van der Waals surface area contributed by atoms with Gasteiger partial charge in [-0.3, -0.25) is 0 Å². The first kappa shape index (κ1) is 17.0. The van der Waals surface area contributed by atoms with Crippen molar-refractivity contribution in [2.45, 2.75) is 12.6 Å². The fourth-order valence-corrected chi connectivity index (χ4v) is 2.84. The standard InChI is InChI=1S/C19H20N2O4/c22-18(23)16-8-6-14(7-9-16)12-20-19(24)21-10-11-25-13-17(21)15-4-2-1-3-5-15/h1-9,17H,10-13H2,(H,20,24)(H,22,23)/t17-/m0/s1. The van der Waals surface area contributed by atoms with E-state index in [1.54, 1.807) is 17.0 Å². The summed E-state index contributed by atoms with van der Waals surface area (Å²) in [6.07, 6.45) is 0. The number of hydrogen-bond donors (Lipinski definition) is 2. The summed E-state index contributed by atoms with van der Waals surface area (Å²) in [5.74, 6) is -0.963. The van der Waals surface area contributed by atoms with E-state index in [4.69, 9.17) is 9.84 Å². The number of carboxylic acid groups (broad SMARTS) is 1. The van der Waals surface area contributed by atoms with Crippen LogP contribution in [0.3, 0.4) is 0 Å². The number of rotatable bonds is 4. The summed E-state index contributed by atoms with van der Waals surface area (Å²) >= 11 is 0. The summed E-state index contributed by atoms with van der Waals surface area (Å²) in [5, 5.41) is 11.8. The summed E-state index contributed by atoms with van der Waals surface area (Å²) in [7, 11) is 0. The molecule has 1 atom stereocenters. The Labute approximate surface area is 146 Å². The van der Waals surface area contributed by atoms with Crippen LogP contribution < -0.4 is 5.32 Å². The number of benzene rings is 2. The Morgan fingerprint density at radius 1 is 1.12 bits per heavy atom. The summed E-state index contributed by atoms with van der Waals surface area (Å²) < 4.78 is 5.54. The summed E-state index contributed by atoms with van der Waals surface area (Å²) in [4.78, 5) is 25.2. The lowest BCUT2D eigenvalue weighted by molar-refractivity contribution is 0.0116. The minimum Gasteiger partial charge on any atom is -0.478 e. The van der Waals surface area contributed by atoms with E-state index >= 15 is 0 Å². The lowest BCUT2D eigenvalue weighted by atomic mass is 10.1. The SMILES string of the molecule is O=C(O)c1ccc(CNC(=O)N2CCOC[C@H]2c2ccccc2)cc1. The highest BCUT2D eigenvalue weighted by molar-refractivity contribution is 5.87. The maximum Gasteiger partial charge on any atom is 0.335 e. The van der Waals surface area contributed by atoms with Crippen LogP contribution >= 0.6 is 0 Å². The minimum atomic E-state index is -0.963. The van der Waals surface area contributed by atoms with Crippen molar-refractivity contribution in [1.29, 1.82) is 0 Å². The van der Waals surface area contributed by atoms with Gasteiger partial charge in [-0.1, -0.05) is 42.5 Å². The average molecular weight is 340 g/mol. The molecule has 6 heteroatoms. The van der Waals surface area contributed by atoms with Gasteiger partial charge in [0.2, 0.25) is 0 Å². The molecule has 1 aliphatic heterocycles. The van der Waals surface area contributed by atoms with E-state index in [0.29, 0.717) is 26.3 Å². The molecule has 0 saturated carbocycles. The molecule has 25 heavy (non-hydrogen) atoms. The predicted octanol–water partition coefficient (Wildman–Crippen LogP) is 2.67. The Hall–Kier alpha value is -2.86. The van der Waals surface area contributed by atoms with Gasteiger partial charge < -0.3 is 20.1 Å². The van der Waals surface area contributed by atoms with Crippen molar-refractivity contribution in [3.63, 3.8) is 0 Å². The third-order valence-electron chi connectivity index (χ3n) is 4.22. The third-order valence-corrected chi connectivity index (χ3v) is 4.22. The molecule has 1 aliphatic rings. The van der Waals surface area contributed by atoms with Crippen molar-refractivity contribution in [1.82, 2.24) is 10.2 Å². The van der Waals surface area contributed by atoms with Crippen LogP contribution in [-0.2, 0) is 11.3 Å². The number of carboxylic acids is 1. The Morgan fingerprint density at radius 2 is 1.84 bits per heavy atom. The molecule has 0 aromatic heterocycles. The summed E-state index contributed by atoms with van der Waals surface area (Å²) in [5.41, 5.74) is 2.12. The minimum absolute atomic E-state index is 0.107. The van der Waals surface area contributed by atoms with Gasteiger partial charge in [0.15, 0.2) is 0 Å². The Morgan fingerprint density at radius 3 is 2.52 bits per heavy atom. The highest BCUT2D eigenvalue weighted by Gasteiger charge is 2.28. The highest BCUT2D eigenvalue weighted by Crippen LogP contribution is 2.24. The zero-order chi connectivity index (χ0) is 17.6. The van der Waals surface area contributed by atoms with E-state index < -0.39 is 5.97 Å². The van der Waals surface area contributed by atoms with Gasteiger partial charge in [-0.05, 0) is 23.3 Å². The summed E-state index contributed by atoms with van der Waals surface area (Å²) in [6, 6.07) is 16.0. The molecule has 1 saturated heterocycles. The molecule has 2 aromatic rings. The molecule has 1 heterocycles. The van der Waals surface area contributed by atoms with Crippen LogP contribution in [0.2, 0.25) is 0 Å². The molecule has 2 N–H and O–H groups in total. The number of ether oxygens (including phenoxy) is 1. The van der Waals surface area contributed by atoms with Crippen molar-refractivity contribution in [3.8, 4) is 0 Å². The van der Waals surface area contributed by atoms with Gasteiger partial charge in [0, 0.05) is 13.1 Å². The lowest BCUT2D eigenvalue weighted by Gasteiger charge is -2.35. The molecule has 1 fully saturated rings.